The molecule has 1 saturated heterocycles. The van der Waals surface area contributed by atoms with Crippen molar-refractivity contribution in [3.8, 4) is 0 Å². The molecule has 0 spiro atoms. The number of amides is 1. The third kappa shape index (κ3) is 3.00. The lowest BCUT2D eigenvalue weighted by atomic mass is 9.78. The Morgan fingerprint density at radius 3 is 2.78 bits per heavy atom. The van der Waals surface area contributed by atoms with Crippen LogP contribution in [0.2, 0.25) is 0 Å². The average Bonchev–Trinajstić information content (AvgIpc) is 3.06. The summed E-state index contributed by atoms with van der Waals surface area (Å²) in [7, 11) is 0. The van der Waals surface area contributed by atoms with Gasteiger partial charge in [-0.25, -0.2) is 4.98 Å². The van der Waals surface area contributed by atoms with Crippen molar-refractivity contribution in [2.24, 2.45) is 5.92 Å². The molecule has 0 bridgehead atoms. The number of hydrogen-bond donors (Lipinski definition) is 0. The number of rotatable bonds is 2. The van der Waals surface area contributed by atoms with E-state index in [9.17, 15) is 4.79 Å². The van der Waals surface area contributed by atoms with E-state index in [1.165, 1.54) is 11.1 Å². The van der Waals surface area contributed by atoms with Crippen molar-refractivity contribution in [2.45, 2.75) is 31.6 Å². The number of para-hydroxylation sites is 1. The molecule has 2 fully saturated rings. The Bertz CT molecular complexity index is 660. The van der Waals surface area contributed by atoms with Crippen LogP contribution in [-0.4, -0.2) is 42.1 Å². The van der Waals surface area contributed by atoms with Gasteiger partial charge in [-0.2, -0.15) is 0 Å². The molecule has 1 saturated carbocycles. The fourth-order valence-electron chi connectivity index (χ4n) is 3.79. The van der Waals surface area contributed by atoms with E-state index in [2.05, 4.69) is 18.2 Å². The molecule has 5 heteroatoms. The first-order valence-electron chi connectivity index (χ1n) is 8.55. The molecule has 1 amide bonds. The summed E-state index contributed by atoms with van der Waals surface area (Å²) in [6.45, 7) is 2.82. The van der Waals surface area contributed by atoms with Gasteiger partial charge >= 0.3 is 0 Å². The maximum absolute atomic E-state index is 13.0. The fraction of sp³-hybridized carbons (Fsp3) is 0.556. The van der Waals surface area contributed by atoms with Gasteiger partial charge in [-0.3, -0.25) is 4.79 Å². The van der Waals surface area contributed by atoms with Crippen molar-refractivity contribution < 1.29 is 9.53 Å². The predicted octanol–water partition coefficient (Wildman–Crippen LogP) is 3.43. The smallest absolute Gasteiger partial charge is 0.226 e. The number of benzene rings is 1. The molecular weight excluding hydrogens is 308 g/mol. The molecule has 2 aliphatic rings. The first kappa shape index (κ1) is 15.1. The first-order valence-corrected chi connectivity index (χ1v) is 9.36. The highest BCUT2D eigenvalue weighted by molar-refractivity contribution is 7.18. The Kier molecular flexibility index (Phi) is 4.31. The van der Waals surface area contributed by atoms with Gasteiger partial charge in [0.2, 0.25) is 5.91 Å². The molecule has 1 aromatic carbocycles. The van der Waals surface area contributed by atoms with Crippen molar-refractivity contribution >= 4 is 27.5 Å². The SMILES string of the molecule is O=C([C@H]1CCCC[C@H]1c1nc2ccccc2s1)N1CCOCC1. The molecule has 1 aliphatic heterocycles. The minimum Gasteiger partial charge on any atom is -0.378 e. The van der Waals surface area contributed by atoms with Crippen LogP contribution in [0, 0.1) is 5.92 Å². The van der Waals surface area contributed by atoms with Crippen LogP contribution in [0.4, 0.5) is 0 Å². The van der Waals surface area contributed by atoms with Crippen LogP contribution in [-0.2, 0) is 9.53 Å². The predicted molar refractivity (Wildman–Crippen MR) is 91.7 cm³/mol. The van der Waals surface area contributed by atoms with E-state index in [1.54, 1.807) is 11.3 Å². The summed E-state index contributed by atoms with van der Waals surface area (Å²) in [5.74, 6) is 0.705. The summed E-state index contributed by atoms with van der Waals surface area (Å²) in [6, 6.07) is 8.28. The summed E-state index contributed by atoms with van der Waals surface area (Å²) < 4.78 is 6.61. The molecule has 1 aliphatic carbocycles. The quantitative estimate of drug-likeness (QED) is 0.847. The van der Waals surface area contributed by atoms with Crippen LogP contribution in [0.5, 0.6) is 0 Å². The number of aromatic nitrogens is 1. The van der Waals surface area contributed by atoms with Crippen LogP contribution < -0.4 is 0 Å². The molecular formula is C18H22N2O2S. The summed E-state index contributed by atoms with van der Waals surface area (Å²) in [5, 5.41) is 1.15. The molecule has 0 radical (unpaired) electrons. The molecule has 0 N–H and O–H groups in total. The monoisotopic (exact) mass is 330 g/mol. The van der Waals surface area contributed by atoms with Gasteiger partial charge in [0.1, 0.15) is 0 Å². The van der Waals surface area contributed by atoms with Gasteiger partial charge in [0.05, 0.1) is 28.4 Å². The van der Waals surface area contributed by atoms with Gasteiger partial charge in [-0.15, -0.1) is 11.3 Å². The summed E-state index contributed by atoms with van der Waals surface area (Å²) in [4.78, 5) is 19.8. The van der Waals surface area contributed by atoms with Crippen molar-refractivity contribution in [1.82, 2.24) is 9.88 Å². The molecule has 2 atom stereocenters. The Labute approximate surface area is 140 Å². The number of carbonyl (C=O) groups excluding carboxylic acids is 1. The number of thiazole rings is 1. The van der Waals surface area contributed by atoms with Crippen molar-refractivity contribution in [1.29, 1.82) is 0 Å². The van der Waals surface area contributed by atoms with E-state index in [0.29, 0.717) is 19.1 Å². The number of carbonyl (C=O) groups is 1. The number of fused-ring (bicyclic) bond motifs is 1. The Hall–Kier alpha value is -1.46. The third-order valence-electron chi connectivity index (χ3n) is 5.03. The second-order valence-electron chi connectivity index (χ2n) is 6.45. The van der Waals surface area contributed by atoms with E-state index in [1.807, 2.05) is 11.0 Å². The minimum absolute atomic E-state index is 0.0995. The summed E-state index contributed by atoms with van der Waals surface area (Å²) in [5.41, 5.74) is 1.07. The van der Waals surface area contributed by atoms with Gasteiger partial charge in [0, 0.05) is 24.9 Å². The second-order valence-corrected chi connectivity index (χ2v) is 7.52. The first-order chi connectivity index (χ1) is 11.3. The number of ether oxygens (including phenoxy) is 1. The zero-order chi connectivity index (χ0) is 15.6. The largest absolute Gasteiger partial charge is 0.378 e. The van der Waals surface area contributed by atoms with Crippen LogP contribution >= 0.6 is 11.3 Å². The number of morpholine rings is 1. The maximum atomic E-state index is 13.0. The van der Waals surface area contributed by atoms with E-state index >= 15 is 0 Å². The van der Waals surface area contributed by atoms with Gasteiger partial charge in [-0.05, 0) is 25.0 Å². The highest BCUT2D eigenvalue weighted by Crippen LogP contribution is 2.41. The highest BCUT2D eigenvalue weighted by Gasteiger charge is 2.36. The second kappa shape index (κ2) is 6.57. The number of hydrogen-bond acceptors (Lipinski definition) is 4. The van der Waals surface area contributed by atoms with Crippen LogP contribution in [0.3, 0.4) is 0 Å². The zero-order valence-electron chi connectivity index (χ0n) is 13.2. The minimum atomic E-state index is 0.0995. The lowest BCUT2D eigenvalue weighted by Gasteiger charge is -2.35. The molecule has 4 rings (SSSR count). The van der Waals surface area contributed by atoms with E-state index < -0.39 is 0 Å². The number of nitrogens with zero attached hydrogens (tertiary/aromatic N) is 2. The third-order valence-corrected chi connectivity index (χ3v) is 6.20. The summed E-state index contributed by atoms with van der Waals surface area (Å²) >= 11 is 1.77. The molecule has 4 nitrogen and oxygen atoms in total. The van der Waals surface area contributed by atoms with E-state index in [4.69, 9.17) is 9.72 Å². The van der Waals surface area contributed by atoms with Crippen molar-refractivity contribution in [2.75, 3.05) is 26.3 Å². The normalized spacial score (nSPS) is 25.7. The maximum Gasteiger partial charge on any atom is 0.226 e. The molecule has 2 aromatic rings. The molecule has 0 unspecified atom stereocenters. The lowest BCUT2D eigenvalue weighted by Crippen LogP contribution is -2.45. The van der Waals surface area contributed by atoms with Crippen LogP contribution in [0.25, 0.3) is 10.2 Å². The zero-order valence-corrected chi connectivity index (χ0v) is 14.1. The van der Waals surface area contributed by atoms with Crippen LogP contribution in [0.15, 0.2) is 24.3 Å². The van der Waals surface area contributed by atoms with Gasteiger partial charge < -0.3 is 9.64 Å². The van der Waals surface area contributed by atoms with Crippen LogP contribution in [0.1, 0.15) is 36.6 Å². The summed E-state index contributed by atoms with van der Waals surface area (Å²) in [6.07, 6.45) is 4.44. The lowest BCUT2D eigenvalue weighted by molar-refractivity contribution is -0.141. The fourth-order valence-corrected chi connectivity index (χ4v) is 4.96. The van der Waals surface area contributed by atoms with Gasteiger partial charge in [-0.1, -0.05) is 25.0 Å². The molecule has 1 aromatic heterocycles. The topological polar surface area (TPSA) is 42.4 Å². The standard InChI is InChI=1S/C18H22N2O2S/c21-18(20-9-11-22-12-10-20)14-6-2-1-5-13(14)17-19-15-7-3-4-8-16(15)23-17/h3-4,7-8,13-14H,1-2,5-6,9-12H2/t13-,14+/m1/s1. The Balaban J connectivity index is 1.60. The van der Waals surface area contributed by atoms with E-state index in [0.717, 1.165) is 42.9 Å². The van der Waals surface area contributed by atoms with Gasteiger partial charge in [0.15, 0.2) is 0 Å². The molecule has 2 heterocycles. The average molecular weight is 330 g/mol. The van der Waals surface area contributed by atoms with Gasteiger partial charge in [0.25, 0.3) is 0 Å². The molecule has 122 valence electrons. The highest BCUT2D eigenvalue weighted by atomic mass is 32.1. The van der Waals surface area contributed by atoms with Crippen molar-refractivity contribution in [3.05, 3.63) is 29.3 Å². The van der Waals surface area contributed by atoms with E-state index in [-0.39, 0.29) is 11.8 Å². The molecule has 23 heavy (non-hydrogen) atoms. The van der Waals surface area contributed by atoms with Crippen molar-refractivity contribution in [3.63, 3.8) is 0 Å². The Morgan fingerprint density at radius 1 is 1.17 bits per heavy atom. The Morgan fingerprint density at radius 2 is 1.96 bits per heavy atom.